The summed E-state index contributed by atoms with van der Waals surface area (Å²) >= 11 is 0. The predicted octanol–water partition coefficient (Wildman–Crippen LogP) is 2.91. The second-order valence-electron chi connectivity index (χ2n) is 6.23. The minimum Gasteiger partial charge on any atom is -0.466 e. The lowest BCUT2D eigenvalue weighted by molar-refractivity contribution is -0.147. The highest BCUT2D eigenvalue weighted by atomic mass is 16.5. The number of ether oxygens (including phenoxy) is 2. The largest absolute Gasteiger partial charge is 0.466 e. The van der Waals surface area contributed by atoms with Gasteiger partial charge in [-0.2, -0.15) is 0 Å². The topological polar surface area (TPSA) is 52.6 Å². The predicted molar refractivity (Wildman–Crippen MR) is 84.8 cm³/mol. The van der Waals surface area contributed by atoms with E-state index in [4.69, 9.17) is 9.47 Å². The molecule has 0 spiro atoms. The number of cyclic esters (lactones) is 1. The van der Waals surface area contributed by atoms with E-state index >= 15 is 0 Å². The molecule has 4 nitrogen and oxygen atoms in total. The molecular weight excluding hydrogens is 292 g/mol. The fraction of sp³-hybridized carbons (Fsp3) is 0.368. The van der Waals surface area contributed by atoms with E-state index in [0.717, 1.165) is 16.3 Å². The van der Waals surface area contributed by atoms with Crippen LogP contribution in [0.3, 0.4) is 0 Å². The second-order valence-corrected chi connectivity index (χ2v) is 6.23. The van der Waals surface area contributed by atoms with Gasteiger partial charge in [0.1, 0.15) is 0 Å². The summed E-state index contributed by atoms with van der Waals surface area (Å²) in [5, 5.41) is 2.22. The molecule has 2 aliphatic rings. The van der Waals surface area contributed by atoms with Crippen LogP contribution in [0.5, 0.6) is 0 Å². The zero-order valence-corrected chi connectivity index (χ0v) is 12.9. The number of hydrogen-bond donors (Lipinski definition) is 0. The molecule has 1 saturated heterocycles. The Morgan fingerprint density at radius 2 is 2.04 bits per heavy atom. The Morgan fingerprint density at radius 1 is 1.26 bits per heavy atom. The molecule has 1 aliphatic heterocycles. The maximum atomic E-state index is 12.5. The molecule has 118 valence electrons. The van der Waals surface area contributed by atoms with E-state index in [9.17, 15) is 9.59 Å². The molecule has 0 aromatic heterocycles. The van der Waals surface area contributed by atoms with Crippen molar-refractivity contribution in [1.29, 1.82) is 0 Å². The molecule has 1 heterocycles. The zero-order valence-electron chi connectivity index (χ0n) is 12.9. The fourth-order valence-corrected chi connectivity index (χ4v) is 3.82. The highest BCUT2D eigenvalue weighted by molar-refractivity contribution is 5.88. The highest BCUT2D eigenvalue weighted by Gasteiger charge is 2.65. The van der Waals surface area contributed by atoms with Crippen molar-refractivity contribution >= 4 is 22.7 Å². The average Bonchev–Trinajstić information content (AvgIpc) is 3.13. The summed E-state index contributed by atoms with van der Waals surface area (Å²) in [7, 11) is 0. The molecule has 0 amide bonds. The van der Waals surface area contributed by atoms with Crippen LogP contribution in [-0.4, -0.2) is 25.2 Å². The van der Waals surface area contributed by atoms with Crippen molar-refractivity contribution in [3.8, 4) is 0 Å². The van der Waals surface area contributed by atoms with Crippen LogP contribution in [0.25, 0.3) is 10.8 Å². The van der Waals surface area contributed by atoms with E-state index in [0.29, 0.717) is 13.2 Å². The Morgan fingerprint density at radius 3 is 2.74 bits per heavy atom. The van der Waals surface area contributed by atoms with Gasteiger partial charge in [0.15, 0.2) is 0 Å². The molecule has 0 radical (unpaired) electrons. The Hall–Kier alpha value is -2.36. The first-order valence-corrected chi connectivity index (χ1v) is 8.02. The van der Waals surface area contributed by atoms with Crippen molar-refractivity contribution < 1.29 is 19.1 Å². The molecule has 4 heteroatoms. The maximum Gasteiger partial charge on any atom is 0.313 e. The molecule has 4 unspecified atom stereocenters. The van der Waals surface area contributed by atoms with Crippen molar-refractivity contribution in [3.05, 3.63) is 48.0 Å². The lowest BCUT2D eigenvalue weighted by atomic mass is 9.90. The molecule has 1 saturated carbocycles. The molecule has 0 N–H and O–H groups in total. The summed E-state index contributed by atoms with van der Waals surface area (Å²) in [6.07, 6.45) is 0. The van der Waals surface area contributed by atoms with Crippen molar-refractivity contribution in [2.45, 2.75) is 12.8 Å². The van der Waals surface area contributed by atoms with Gasteiger partial charge in [-0.3, -0.25) is 9.59 Å². The van der Waals surface area contributed by atoms with Crippen LogP contribution in [0.1, 0.15) is 18.4 Å². The van der Waals surface area contributed by atoms with Crippen LogP contribution >= 0.6 is 0 Å². The number of benzene rings is 2. The third kappa shape index (κ3) is 2.29. The molecule has 4 rings (SSSR count). The molecular formula is C19H18O4. The van der Waals surface area contributed by atoms with E-state index in [1.165, 1.54) is 0 Å². The Balaban J connectivity index is 1.72. The highest BCUT2D eigenvalue weighted by Crippen LogP contribution is 2.58. The quantitative estimate of drug-likeness (QED) is 0.815. The number of hydrogen-bond acceptors (Lipinski definition) is 4. The van der Waals surface area contributed by atoms with Crippen LogP contribution < -0.4 is 0 Å². The molecule has 2 fully saturated rings. The third-order valence-electron chi connectivity index (χ3n) is 4.98. The molecule has 0 bridgehead atoms. The number of carbonyl (C=O) groups is 2. The van der Waals surface area contributed by atoms with Gasteiger partial charge in [0, 0.05) is 5.92 Å². The first kappa shape index (κ1) is 14.2. The summed E-state index contributed by atoms with van der Waals surface area (Å²) in [5.41, 5.74) is 0.925. The van der Waals surface area contributed by atoms with Gasteiger partial charge < -0.3 is 9.47 Å². The zero-order chi connectivity index (χ0) is 16.0. The van der Waals surface area contributed by atoms with Crippen molar-refractivity contribution in [3.63, 3.8) is 0 Å². The summed E-state index contributed by atoms with van der Waals surface area (Å²) in [5.74, 6) is -0.775. The van der Waals surface area contributed by atoms with Crippen LogP contribution in [0, 0.1) is 17.8 Å². The smallest absolute Gasteiger partial charge is 0.313 e. The summed E-state index contributed by atoms with van der Waals surface area (Å²) in [6.45, 7) is 2.57. The maximum absolute atomic E-state index is 12.5. The minimum absolute atomic E-state index is 0.0106. The first-order chi connectivity index (χ1) is 11.2. The van der Waals surface area contributed by atoms with Crippen LogP contribution in [0.2, 0.25) is 0 Å². The standard InChI is InChI=1S/C19H18O4/c1-2-22-18(20)15(16-14-10-23-19(21)17(14)16)13-8-7-11-5-3-4-6-12(11)9-13/h3-9,14-17H,2,10H2,1H3. The molecule has 2 aromatic carbocycles. The van der Waals surface area contributed by atoms with Gasteiger partial charge in [0.05, 0.1) is 25.0 Å². The molecule has 4 atom stereocenters. The van der Waals surface area contributed by atoms with Crippen molar-refractivity contribution in [2.24, 2.45) is 17.8 Å². The Labute approximate surface area is 134 Å². The van der Waals surface area contributed by atoms with Crippen molar-refractivity contribution in [2.75, 3.05) is 13.2 Å². The molecule has 23 heavy (non-hydrogen) atoms. The average molecular weight is 310 g/mol. The van der Waals surface area contributed by atoms with E-state index in [1.54, 1.807) is 6.92 Å². The van der Waals surface area contributed by atoms with E-state index in [1.807, 2.05) is 42.5 Å². The van der Waals surface area contributed by atoms with E-state index in [2.05, 4.69) is 0 Å². The normalized spacial score (nSPS) is 26.5. The number of carbonyl (C=O) groups excluding carboxylic acids is 2. The van der Waals surface area contributed by atoms with Gasteiger partial charge in [-0.1, -0.05) is 42.5 Å². The minimum atomic E-state index is -0.387. The van der Waals surface area contributed by atoms with Crippen LogP contribution in [0.4, 0.5) is 0 Å². The lowest BCUT2D eigenvalue weighted by Crippen LogP contribution is -2.22. The van der Waals surface area contributed by atoms with E-state index < -0.39 is 0 Å². The fourth-order valence-electron chi connectivity index (χ4n) is 3.82. The molecule has 2 aromatic rings. The van der Waals surface area contributed by atoms with Gasteiger partial charge in [0.2, 0.25) is 0 Å². The summed E-state index contributed by atoms with van der Waals surface area (Å²) in [6, 6.07) is 14.1. The van der Waals surface area contributed by atoms with Gasteiger partial charge in [0.25, 0.3) is 0 Å². The first-order valence-electron chi connectivity index (χ1n) is 8.02. The lowest BCUT2D eigenvalue weighted by Gasteiger charge is -2.18. The number of esters is 2. The Bertz CT molecular complexity index is 782. The third-order valence-corrected chi connectivity index (χ3v) is 4.98. The van der Waals surface area contributed by atoms with Crippen LogP contribution in [0.15, 0.2) is 42.5 Å². The molecule has 1 aliphatic carbocycles. The second kappa shape index (κ2) is 5.37. The van der Waals surface area contributed by atoms with Gasteiger partial charge in [-0.15, -0.1) is 0 Å². The summed E-state index contributed by atoms with van der Waals surface area (Å²) < 4.78 is 10.3. The summed E-state index contributed by atoms with van der Waals surface area (Å²) in [4.78, 5) is 24.3. The SMILES string of the molecule is CCOC(=O)C(c1ccc2ccccc2c1)C1C2COC(=O)C21. The van der Waals surface area contributed by atoms with E-state index in [-0.39, 0.29) is 35.6 Å². The number of rotatable bonds is 4. The Kier molecular flexibility index (Phi) is 3.33. The van der Waals surface area contributed by atoms with Crippen LogP contribution in [-0.2, 0) is 19.1 Å². The monoisotopic (exact) mass is 310 g/mol. The van der Waals surface area contributed by atoms with Gasteiger partial charge >= 0.3 is 11.9 Å². The van der Waals surface area contributed by atoms with Gasteiger partial charge in [-0.25, -0.2) is 0 Å². The number of fused-ring (bicyclic) bond motifs is 2. The van der Waals surface area contributed by atoms with Crippen molar-refractivity contribution in [1.82, 2.24) is 0 Å². The van der Waals surface area contributed by atoms with Gasteiger partial charge in [-0.05, 0) is 29.2 Å².